The van der Waals surface area contributed by atoms with Gasteiger partial charge in [0.2, 0.25) is 0 Å². The Morgan fingerprint density at radius 3 is 2.41 bits per heavy atom. The van der Waals surface area contributed by atoms with Crippen molar-refractivity contribution in [2.75, 3.05) is 5.75 Å². The third-order valence-corrected chi connectivity index (χ3v) is 7.93. The van der Waals surface area contributed by atoms with Crippen molar-refractivity contribution in [3.05, 3.63) is 42.5 Å². The molecule has 0 amide bonds. The second kappa shape index (κ2) is 12.6. The van der Waals surface area contributed by atoms with E-state index >= 15 is 0 Å². The van der Waals surface area contributed by atoms with Crippen molar-refractivity contribution < 1.29 is 25.2 Å². The summed E-state index contributed by atoms with van der Waals surface area (Å²) in [5, 5.41) is 42.6. The molecule has 2 aromatic rings. The molecule has 2 aromatic carbocycles. The second-order valence-electron chi connectivity index (χ2n) is 9.06. The van der Waals surface area contributed by atoms with Crippen LogP contribution in [0.25, 0.3) is 10.8 Å². The maximum absolute atomic E-state index is 10.6. The van der Waals surface area contributed by atoms with E-state index in [4.69, 9.17) is 5.11 Å². The average molecular weight is 461 g/mol. The molecule has 176 valence electrons. The standard InChI is InChI=1S/C26H36O5S/c27-19(17-32-25-12-7-9-18-8-5-6-10-20(18)25)14-15-22-21(23(28)16-24(22)29)11-3-1-2-4-13-26(30)31/h5-10,12,19,21-24,27-29H,1-4,11,13-17H2,(H,30,31)/t19?,21?,22-,23+,24-/m1/s1. The predicted octanol–water partition coefficient (Wildman–Crippen LogP) is 4.86. The van der Waals surface area contributed by atoms with Crippen LogP contribution in [0.1, 0.15) is 57.8 Å². The zero-order valence-corrected chi connectivity index (χ0v) is 19.4. The van der Waals surface area contributed by atoms with Crippen LogP contribution in [-0.4, -0.2) is 50.5 Å². The Morgan fingerprint density at radius 2 is 1.62 bits per heavy atom. The Morgan fingerprint density at radius 1 is 0.938 bits per heavy atom. The molecule has 1 aliphatic rings. The van der Waals surface area contributed by atoms with Gasteiger partial charge in [-0.25, -0.2) is 0 Å². The summed E-state index contributed by atoms with van der Waals surface area (Å²) in [5.74, 6) is -0.0756. The zero-order chi connectivity index (χ0) is 22.9. The number of aliphatic hydroxyl groups excluding tert-OH is 3. The smallest absolute Gasteiger partial charge is 0.303 e. The lowest BCUT2D eigenvalue weighted by molar-refractivity contribution is -0.137. The highest BCUT2D eigenvalue weighted by molar-refractivity contribution is 7.99. The van der Waals surface area contributed by atoms with Crippen LogP contribution in [0.2, 0.25) is 0 Å². The molecule has 6 heteroatoms. The number of carbonyl (C=O) groups is 1. The van der Waals surface area contributed by atoms with Crippen molar-refractivity contribution in [3.63, 3.8) is 0 Å². The van der Waals surface area contributed by atoms with Gasteiger partial charge in [0.15, 0.2) is 0 Å². The lowest BCUT2D eigenvalue weighted by Gasteiger charge is -2.24. The van der Waals surface area contributed by atoms with E-state index < -0.39 is 24.3 Å². The zero-order valence-electron chi connectivity index (χ0n) is 18.6. The summed E-state index contributed by atoms with van der Waals surface area (Å²) in [5.41, 5.74) is 0. The predicted molar refractivity (Wildman–Crippen MR) is 129 cm³/mol. The molecule has 0 spiro atoms. The number of hydrogen-bond acceptors (Lipinski definition) is 5. The lowest BCUT2D eigenvalue weighted by atomic mass is 9.85. The molecule has 2 unspecified atom stereocenters. The van der Waals surface area contributed by atoms with Crippen LogP contribution in [0, 0.1) is 11.8 Å². The maximum Gasteiger partial charge on any atom is 0.303 e. The van der Waals surface area contributed by atoms with Gasteiger partial charge >= 0.3 is 5.97 Å². The van der Waals surface area contributed by atoms with Crippen LogP contribution in [0.15, 0.2) is 47.4 Å². The normalized spacial score (nSPS) is 24.1. The number of fused-ring (bicyclic) bond motifs is 1. The van der Waals surface area contributed by atoms with Crippen LogP contribution in [0.5, 0.6) is 0 Å². The summed E-state index contributed by atoms with van der Waals surface area (Å²) in [7, 11) is 0. The van der Waals surface area contributed by atoms with Crippen molar-refractivity contribution in [2.24, 2.45) is 11.8 Å². The highest BCUT2D eigenvalue weighted by atomic mass is 32.2. The van der Waals surface area contributed by atoms with E-state index in [0.717, 1.165) is 25.7 Å². The highest BCUT2D eigenvalue weighted by Crippen LogP contribution is 2.39. The summed E-state index contributed by atoms with van der Waals surface area (Å²) in [6.07, 6.45) is 4.78. The van der Waals surface area contributed by atoms with Gasteiger partial charge < -0.3 is 20.4 Å². The molecule has 5 atom stereocenters. The van der Waals surface area contributed by atoms with Crippen LogP contribution in [0.4, 0.5) is 0 Å². The molecule has 4 N–H and O–H groups in total. The molecule has 3 rings (SSSR count). The van der Waals surface area contributed by atoms with Crippen LogP contribution in [-0.2, 0) is 4.79 Å². The lowest BCUT2D eigenvalue weighted by Crippen LogP contribution is -2.24. The van der Waals surface area contributed by atoms with Gasteiger partial charge in [-0.3, -0.25) is 4.79 Å². The quantitative estimate of drug-likeness (QED) is 0.252. The first-order valence-electron chi connectivity index (χ1n) is 11.8. The van der Waals surface area contributed by atoms with Crippen molar-refractivity contribution in [3.8, 4) is 0 Å². The number of aliphatic hydroxyl groups is 3. The first-order valence-corrected chi connectivity index (χ1v) is 12.8. The third kappa shape index (κ3) is 7.20. The van der Waals surface area contributed by atoms with Crippen LogP contribution in [0.3, 0.4) is 0 Å². The molecule has 1 aliphatic carbocycles. The maximum atomic E-state index is 10.6. The van der Waals surface area contributed by atoms with E-state index in [9.17, 15) is 20.1 Å². The molecule has 0 aliphatic heterocycles. The summed E-state index contributed by atoms with van der Waals surface area (Å²) in [6.45, 7) is 0. The molecule has 0 bridgehead atoms. The molecule has 0 saturated heterocycles. The molecule has 0 radical (unpaired) electrons. The molecule has 32 heavy (non-hydrogen) atoms. The fourth-order valence-electron chi connectivity index (χ4n) is 4.97. The minimum atomic E-state index is -0.753. The van der Waals surface area contributed by atoms with Gasteiger partial charge in [-0.2, -0.15) is 0 Å². The van der Waals surface area contributed by atoms with Crippen LogP contribution < -0.4 is 0 Å². The first kappa shape index (κ1) is 25.0. The molecule has 5 nitrogen and oxygen atoms in total. The van der Waals surface area contributed by atoms with E-state index in [1.54, 1.807) is 11.8 Å². The Labute approximate surface area is 194 Å². The fourth-order valence-corrected chi connectivity index (χ4v) is 6.02. The Kier molecular flexibility index (Phi) is 9.85. The fraction of sp³-hybridized carbons (Fsp3) is 0.577. The molecule has 1 fully saturated rings. The summed E-state index contributed by atoms with van der Waals surface area (Å²) in [4.78, 5) is 11.8. The minimum absolute atomic E-state index is 0.0150. The number of hydrogen-bond donors (Lipinski definition) is 4. The van der Waals surface area contributed by atoms with Crippen molar-refractivity contribution in [1.82, 2.24) is 0 Å². The van der Waals surface area contributed by atoms with E-state index in [2.05, 4.69) is 24.3 Å². The SMILES string of the molecule is O=C(O)CCCCCCC1[C@@H](CCC(O)CSc2cccc3ccccc23)[C@H](O)C[C@@H]1O. The average Bonchev–Trinajstić information content (AvgIpc) is 3.05. The largest absolute Gasteiger partial charge is 0.481 e. The molecule has 1 saturated carbocycles. The topological polar surface area (TPSA) is 98.0 Å². The van der Waals surface area contributed by atoms with Gasteiger partial charge in [-0.1, -0.05) is 55.7 Å². The Balaban J connectivity index is 1.43. The number of benzene rings is 2. The number of carboxylic acids is 1. The van der Waals surface area contributed by atoms with Crippen molar-refractivity contribution >= 4 is 28.5 Å². The van der Waals surface area contributed by atoms with Gasteiger partial charge in [0.1, 0.15) is 0 Å². The van der Waals surface area contributed by atoms with E-state index in [-0.39, 0.29) is 18.3 Å². The Bertz CT molecular complexity index is 852. The van der Waals surface area contributed by atoms with E-state index in [0.29, 0.717) is 31.4 Å². The van der Waals surface area contributed by atoms with Crippen LogP contribution >= 0.6 is 11.8 Å². The van der Waals surface area contributed by atoms with Gasteiger partial charge in [0, 0.05) is 17.1 Å². The van der Waals surface area contributed by atoms with Gasteiger partial charge in [-0.05, 0) is 60.8 Å². The van der Waals surface area contributed by atoms with Gasteiger partial charge in [-0.15, -0.1) is 11.8 Å². The molecular weight excluding hydrogens is 424 g/mol. The third-order valence-electron chi connectivity index (χ3n) is 6.71. The van der Waals surface area contributed by atoms with Gasteiger partial charge in [0.05, 0.1) is 18.3 Å². The number of unbranched alkanes of at least 4 members (excludes halogenated alkanes) is 3. The molecule has 0 heterocycles. The van der Waals surface area contributed by atoms with Crippen molar-refractivity contribution in [1.29, 1.82) is 0 Å². The Hall–Kier alpha value is -1.60. The van der Waals surface area contributed by atoms with E-state index in [1.807, 2.05) is 18.2 Å². The number of carboxylic acid groups (broad SMARTS) is 1. The van der Waals surface area contributed by atoms with Gasteiger partial charge in [0.25, 0.3) is 0 Å². The first-order chi connectivity index (χ1) is 15.5. The minimum Gasteiger partial charge on any atom is -0.481 e. The number of aliphatic carboxylic acids is 1. The molecular formula is C26H36O5S. The van der Waals surface area contributed by atoms with Crippen molar-refractivity contribution in [2.45, 2.75) is 81.0 Å². The van der Waals surface area contributed by atoms with E-state index in [1.165, 1.54) is 15.7 Å². The summed E-state index contributed by atoms with van der Waals surface area (Å²) in [6, 6.07) is 14.5. The summed E-state index contributed by atoms with van der Waals surface area (Å²) < 4.78 is 0. The highest BCUT2D eigenvalue weighted by Gasteiger charge is 2.40. The number of thioether (sulfide) groups is 1. The monoisotopic (exact) mass is 460 g/mol. The number of rotatable bonds is 13. The molecule has 0 aromatic heterocycles. The second-order valence-corrected chi connectivity index (χ2v) is 10.1. The summed E-state index contributed by atoms with van der Waals surface area (Å²) >= 11 is 1.66.